The standard InChI is InChI=1S/C8H11BN2/c1-5(10)7-4-6(9)2-3-8(7)11/h2-4,10H,9,11H2,1H3. The van der Waals surface area contributed by atoms with Crippen LogP contribution in [0.25, 0.3) is 0 Å². The Morgan fingerprint density at radius 3 is 2.64 bits per heavy atom. The second-order valence-corrected chi connectivity index (χ2v) is 2.72. The molecule has 0 spiro atoms. The Labute approximate surface area is 67.3 Å². The molecule has 0 aliphatic heterocycles. The molecule has 0 heterocycles. The van der Waals surface area contributed by atoms with Crippen LogP contribution >= 0.6 is 0 Å². The molecule has 2 nitrogen and oxygen atoms in total. The summed E-state index contributed by atoms with van der Waals surface area (Å²) in [6.45, 7) is 1.74. The second kappa shape index (κ2) is 2.78. The van der Waals surface area contributed by atoms with Crippen molar-refractivity contribution in [3.8, 4) is 0 Å². The molecule has 56 valence electrons. The van der Waals surface area contributed by atoms with Gasteiger partial charge in [0.05, 0.1) is 0 Å². The molecule has 0 saturated carbocycles. The minimum atomic E-state index is 0.520. The minimum Gasteiger partial charge on any atom is -0.398 e. The summed E-state index contributed by atoms with van der Waals surface area (Å²) in [5.74, 6) is 0. The van der Waals surface area contributed by atoms with Gasteiger partial charge in [0.1, 0.15) is 7.85 Å². The van der Waals surface area contributed by atoms with Crippen LogP contribution in [0.1, 0.15) is 12.5 Å². The van der Waals surface area contributed by atoms with Crippen LogP contribution in [0.15, 0.2) is 18.2 Å². The molecule has 3 heteroatoms. The maximum atomic E-state index is 7.39. The van der Waals surface area contributed by atoms with Gasteiger partial charge < -0.3 is 11.1 Å². The van der Waals surface area contributed by atoms with Gasteiger partial charge in [0, 0.05) is 17.0 Å². The minimum absolute atomic E-state index is 0.520. The molecular formula is C8H11BN2. The highest BCUT2D eigenvalue weighted by Gasteiger charge is 1.99. The lowest BCUT2D eigenvalue weighted by molar-refractivity contribution is 1.46. The molecule has 0 aromatic heterocycles. The van der Waals surface area contributed by atoms with E-state index in [9.17, 15) is 0 Å². The van der Waals surface area contributed by atoms with Crippen molar-refractivity contribution in [2.45, 2.75) is 6.92 Å². The Hall–Kier alpha value is -1.25. The van der Waals surface area contributed by atoms with Crippen LogP contribution in [0.5, 0.6) is 0 Å². The van der Waals surface area contributed by atoms with Gasteiger partial charge in [0.15, 0.2) is 0 Å². The van der Waals surface area contributed by atoms with E-state index < -0.39 is 0 Å². The van der Waals surface area contributed by atoms with Crippen molar-refractivity contribution >= 4 is 24.7 Å². The van der Waals surface area contributed by atoms with Crippen LogP contribution < -0.4 is 11.2 Å². The monoisotopic (exact) mass is 146 g/mol. The van der Waals surface area contributed by atoms with E-state index in [1.54, 1.807) is 6.92 Å². The zero-order chi connectivity index (χ0) is 8.43. The largest absolute Gasteiger partial charge is 0.398 e. The van der Waals surface area contributed by atoms with Crippen LogP contribution in [-0.2, 0) is 0 Å². The third-order valence-corrected chi connectivity index (χ3v) is 1.61. The van der Waals surface area contributed by atoms with Gasteiger partial charge in [-0.05, 0) is 13.0 Å². The summed E-state index contributed by atoms with van der Waals surface area (Å²) in [7, 11) is 1.99. The van der Waals surface area contributed by atoms with Crippen LogP contribution in [-0.4, -0.2) is 13.6 Å². The SMILES string of the molecule is Bc1ccc(N)c(C(C)=N)c1. The number of hydrogen-bond acceptors (Lipinski definition) is 2. The molecule has 0 aliphatic rings. The molecule has 0 atom stereocenters. The number of nitrogens with one attached hydrogen (secondary N) is 1. The van der Waals surface area contributed by atoms with E-state index in [4.69, 9.17) is 11.1 Å². The van der Waals surface area contributed by atoms with Crippen molar-refractivity contribution in [2.24, 2.45) is 0 Å². The highest BCUT2D eigenvalue weighted by Crippen LogP contribution is 2.08. The molecule has 1 rings (SSSR count). The smallest absolute Gasteiger partial charge is 0.139 e. The Morgan fingerprint density at radius 2 is 2.18 bits per heavy atom. The van der Waals surface area contributed by atoms with Crippen LogP contribution in [0.2, 0.25) is 0 Å². The Morgan fingerprint density at radius 1 is 1.55 bits per heavy atom. The van der Waals surface area contributed by atoms with Gasteiger partial charge in [0.2, 0.25) is 0 Å². The van der Waals surface area contributed by atoms with E-state index in [0.717, 1.165) is 11.0 Å². The molecule has 1 aromatic rings. The fourth-order valence-electron chi connectivity index (χ4n) is 0.995. The number of benzene rings is 1. The average molecular weight is 146 g/mol. The van der Waals surface area contributed by atoms with Gasteiger partial charge in [-0.1, -0.05) is 17.6 Å². The Kier molecular flexibility index (Phi) is 1.99. The molecule has 0 saturated heterocycles. The van der Waals surface area contributed by atoms with E-state index in [1.165, 1.54) is 0 Å². The summed E-state index contributed by atoms with van der Waals surface area (Å²) in [4.78, 5) is 0. The molecule has 0 bridgehead atoms. The number of hydrogen-bond donors (Lipinski definition) is 2. The van der Waals surface area contributed by atoms with Crippen molar-refractivity contribution in [1.82, 2.24) is 0 Å². The lowest BCUT2D eigenvalue weighted by Crippen LogP contribution is -2.08. The Balaban J connectivity index is 3.23. The lowest BCUT2D eigenvalue weighted by atomic mass is 9.92. The summed E-state index contributed by atoms with van der Waals surface area (Å²) >= 11 is 0. The number of anilines is 1. The Bertz CT molecular complexity index is 294. The summed E-state index contributed by atoms with van der Waals surface area (Å²) in [6.07, 6.45) is 0. The van der Waals surface area contributed by atoms with Crippen molar-refractivity contribution in [3.63, 3.8) is 0 Å². The predicted octanol–water partition coefficient (Wildman–Crippen LogP) is -0.0850. The fraction of sp³-hybridized carbons (Fsp3) is 0.125. The van der Waals surface area contributed by atoms with Gasteiger partial charge in [-0.25, -0.2) is 0 Å². The molecule has 0 radical (unpaired) electrons. The topological polar surface area (TPSA) is 49.9 Å². The van der Waals surface area contributed by atoms with Crippen molar-refractivity contribution in [2.75, 3.05) is 5.73 Å². The first-order valence-corrected chi connectivity index (χ1v) is 3.53. The molecule has 0 amide bonds. The number of nitrogens with two attached hydrogens (primary N) is 1. The van der Waals surface area contributed by atoms with Gasteiger partial charge in [-0.3, -0.25) is 0 Å². The highest BCUT2D eigenvalue weighted by molar-refractivity contribution is 6.33. The van der Waals surface area contributed by atoms with E-state index in [1.807, 2.05) is 26.0 Å². The third-order valence-electron chi connectivity index (χ3n) is 1.61. The van der Waals surface area contributed by atoms with Crippen molar-refractivity contribution in [3.05, 3.63) is 23.8 Å². The van der Waals surface area contributed by atoms with Crippen LogP contribution in [0.4, 0.5) is 5.69 Å². The highest BCUT2D eigenvalue weighted by atomic mass is 14.6. The number of nitrogen functional groups attached to an aromatic ring is 1. The van der Waals surface area contributed by atoms with Crippen LogP contribution in [0.3, 0.4) is 0 Å². The lowest BCUT2D eigenvalue weighted by Gasteiger charge is -2.03. The van der Waals surface area contributed by atoms with Crippen molar-refractivity contribution < 1.29 is 0 Å². The molecule has 3 N–H and O–H groups in total. The fourth-order valence-corrected chi connectivity index (χ4v) is 0.995. The quantitative estimate of drug-likeness (QED) is 0.325. The zero-order valence-corrected chi connectivity index (χ0v) is 6.81. The molecule has 0 unspecified atom stereocenters. The summed E-state index contributed by atoms with van der Waals surface area (Å²) in [5.41, 5.74) is 8.83. The summed E-state index contributed by atoms with van der Waals surface area (Å²) in [6, 6.07) is 5.71. The first kappa shape index (κ1) is 7.86. The normalized spacial score (nSPS) is 9.55. The van der Waals surface area contributed by atoms with E-state index in [-0.39, 0.29) is 0 Å². The van der Waals surface area contributed by atoms with Crippen molar-refractivity contribution in [1.29, 1.82) is 5.41 Å². The maximum Gasteiger partial charge on any atom is 0.139 e. The summed E-state index contributed by atoms with van der Waals surface area (Å²) in [5, 5.41) is 7.39. The second-order valence-electron chi connectivity index (χ2n) is 2.72. The first-order chi connectivity index (χ1) is 5.11. The third kappa shape index (κ3) is 1.61. The van der Waals surface area contributed by atoms with Gasteiger partial charge in [-0.2, -0.15) is 0 Å². The van der Waals surface area contributed by atoms with Gasteiger partial charge in [-0.15, -0.1) is 0 Å². The average Bonchev–Trinajstić information content (AvgIpc) is 1.94. The molecule has 11 heavy (non-hydrogen) atoms. The molecule has 0 aliphatic carbocycles. The van der Waals surface area contributed by atoms with E-state index in [2.05, 4.69) is 0 Å². The summed E-state index contributed by atoms with van der Waals surface area (Å²) < 4.78 is 0. The first-order valence-electron chi connectivity index (χ1n) is 3.53. The van der Waals surface area contributed by atoms with Crippen LogP contribution in [0, 0.1) is 5.41 Å². The molecule has 0 fully saturated rings. The maximum absolute atomic E-state index is 7.39. The van der Waals surface area contributed by atoms with E-state index in [0.29, 0.717) is 11.4 Å². The molecular weight excluding hydrogens is 135 g/mol. The van der Waals surface area contributed by atoms with Gasteiger partial charge in [0.25, 0.3) is 0 Å². The predicted molar refractivity (Wildman–Crippen MR) is 51.5 cm³/mol. The van der Waals surface area contributed by atoms with E-state index >= 15 is 0 Å². The number of rotatable bonds is 1. The molecule has 1 aromatic carbocycles. The van der Waals surface area contributed by atoms with Gasteiger partial charge >= 0.3 is 0 Å². The zero-order valence-electron chi connectivity index (χ0n) is 6.81.